The lowest BCUT2D eigenvalue weighted by molar-refractivity contribution is 0.120. The van der Waals surface area contributed by atoms with Crippen LogP contribution in [0.3, 0.4) is 0 Å². The van der Waals surface area contributed by atoms with Crippen molar-refractivity contribution in [1.82, 2.24) is 4.90 Å². The van der Waals surface area contributed by atoms with Crippen LogP contribution in [0.4, 0.5) is 5.69 Å². The van der Waals surface area contributed by atoms with Crippen LogP contribution >= 0.6 is 0 Å². The Balaban J connectivity index is 1.27. The van der Waals surface area contributed by atoms with E-state index in [0.717, 1.165) is 24.4 Å². The fraction of sp³-hybridized carbons (Fsp3) is 0.714. The van der Waals surface area contributed by atoms with Crippen molar-refractivity contribution in [2.45, 2.75) is 62.8 Å². The smallest absolute Gasteiger partial charge is 0.0379 e. The van der Waals surface area contributed by atoms with Crippen LogP contribution in [-0.2, 0) is 5.41 Å². The zero-order chi connectivity index (χ0) is 15.3. The number of nitrogens with zero attached hydrogens (tertiary/aromatic N) is 1. The molecule has 2 aliphatic carbocycles. The highest BCUT2D eigenvalue weighted by atomic mass is 15.2. The lowest BCUT2D eigenvalue weighted by Gasteiger charge is -2.42. The van der Waals surface area contributed by atoms with Crippen LogP contribution in [0.1, 0.15) is 56.9 Å². The van der Waals surface area contributed by atoms with Gasteiger partial charge in [0.2, 0.25) is 0 Å². The molecule has 1 N–H and O–H groups in total. The van der Waals surface area contributed by atoms with Crippen LogP contribution in [-0.4, -0.2) is 30.6 Å². The number of rotatable bonds is 1. The first-order valence-electron chi connectivity index (χ1n) is 9.92. The Morgan fingerprint density at radius 3 is 2.39 bits per heavy atom. The van der Waals surface area contributed by atoms with Crippen LogP contribution in [0, 0.1) is 11.8 Å². The van der Waals surface area contributed by atoms with Gasteiger partial charge < -0.3 is 10.2 Å². The zero-order valence-corrected chi connectivity index (χ0v) is 14.3. The number of likely N-dealkylation sites (tertiary alicyclic amines) is 1. The van der Waals surface area contributed by atoms with Crippen molar-refractivity contribution in [3.63, 3.8) is 0 Å². The summed E-state index contributed by atoms with van der Waals surface area (Å²) in [7, 11) is 0. The third kappa shape index (κ3) is 2.33. The maximum absolute atomic E-state index is 3.67. The van der Waals surface area contributed by atoms with E-state index in [-0.39, 0.29) is 0 Å². The minimum atomic E-state index is 0.429. The SMILES string of the molecule is c1ccc2c(c1)NCC21CCN(C2CC3CCCCC3C2)CC1. The lowest BCUT2D eigenvalue weighted by atomic mass is 9.74. The van der Waals surface area contributed by atoms with Gasteiger partial charge in [-0.1, -0.05) is 43.9 Å². The standard InChI is InChI=1S/C21H30N2/c1-2-6-17-14-18(13-16(17)5-1)23-11-9-21(10-12-23)15-22-20-8-4-3-7-19(20)21/h3-4,7-8,16-18,22H,1-2,5-6,9-15H2. The van der Waals surface area contributed by atoms with E-state index in [1.54, 1.807) is 5.56 Å². The molecule has 0 amide bonds. The van der Waals surface area contributed by atoms with Gasteiger partial charge in [-0.3, -0.25) is 0 Å². The monoisotopic (exact) mass is 310 g/mol. The second-order valence-electron chi connectivity index (χ2n) is 8.65. The molecule has 0 bridgehead atoms. The average molecular weight is 310 g/mol. The molecule has 2 nitrogen and oxygen atoms in total. The summed E-state index contributed by atoms with van der Waals surface area (Å²) in [4.78, 5) is 2.87. The highest BCUT2D eigenvalue weighted by Crippen LogP contribution is 2.47. The predicted molar refractivity (Wildman–Crippen MR) is 95.9 cm³/mol. The van der Waals surface area contributed by atoms with Crippen molar-refractivity contribution >= 4 is 5.69 Å². The van der Waals surface area contributed by atoms with Crippen LogP contribution in [0.25, 0.3) is 0 Å². The highest BCUT2D eigenvalue weighted by molar-refractivity contribution is 5.60. The molecule has 3 fully saturated rings. The molecular weight excluding hydrogens is 280 g/mol. The Hall–Kier alpha value is -1.02. The predicted octanol–water partition coefficient (Wildman–Crippen LogP) is 4.41. The van der Waals surface area contributed by atoms with Crippen molar-refractivity contribution in [1.29, 1.82) is 0 Å². The quantitative estimate of drug-likeness (QED) is 0.826. The number of fused-ring (bicyclic) bond motifs is 3. The third-order valence-electron chi connectivity index (χ3n) is 7.60. The number of para-hydroxylation sites is 1. The molecule has 2 saturated carbocycles. The van der Waals surface area contributed by atoms with E-state index in [1.807, 2.05) is 0 Å². The lowest BCUT2D eigenvalue weighted by Crippen LogP contribution is -2.47. The van der Waals surface area contributed by atoms with Crippen LogP contribution in [0.2, 0.25) is 0 Å². The summed E-state index contributed by atoms with van der Waals surface area (Å²) in [5.74, 6) is 2.14. The number of anilines is 1. The van der Waals surface area contributed by atoms with Gasteiger partial charge in [-0.15, -0.1) is 0 Å². The van der Waals surface area contributed by atoms with Gasteiger partial charge in [0.05, 0.1) is 0 Å². The summed E-state index contributed by atoms with van der Waals surface area (Å²) in [6, 6.07) is 9.93. The van der Waals surface area contributed by atoms with Crippen LogP contribution in [0.5, 0.6) is 0 Å². The molecule has 0 aromatic heterocycles. The molecule has 5 rings (SSSR count). The molecule has 124 valence electrons. The maximum atomic E-state index is 3.67. The van der Waals surface area contributed by atoms with Gasteiger partial charge in [0.15, 0.2) is 0 Å². The molecule has 1 spiro atoms. The molecular formula is C21H30N2. The van der Waals surface area contributed by atoms with Gasteiger partial charge in [0, 0.05) is 23.7 Å². The molecule has 1 aromatic carbocycles. The summed E-state index contributed by atoms with van der Waals surface area (Å²) in [5.41, 5.74) is 3.42. The van der Waals surface area contributed by atoms with Gasteiger partial charge in [0.25, 0.3) is 0 Å². The molecule has 2 unspecified atom stereocenters. The third-order valence-corrected chi connectivity index (χ3v) is 7.60. The van der Waals surface area contributed by atoms with E-state index < -0.39 is 0 Å². The van der Waals surface area contributed by atoms with Crippen LogP contribution < -0.4 is 5.32 Å². The van der Waals surface area contributed by atoms with Crippen molar-refractivity contribution in [3.05, 3.63) is 29.8 Å². The van der Waals surface area contributed by atoms with Crippen molar-refractivity contribution < 1.29 is 0 Å². The average Bonchev–Trinajstić information content (AvgIpc) is 3.19. The summed E-state index contributed by atoms with van der Waals surface area (Å²) >= 11 is 0. The maximum Gasteiger partial charge on any atom is 0.0379 e. The molecule has 23 heavy (non-hydrogen) atoms. The number of hydrogen-bond acceptors (Lipinski definition) is 2. The second-order valence-corrected chi connectivity index (χ2v) is 8.65. The topological polar surface area (TPSA) is 15.3 Å². The number of hydrogen-bond donors (Lipinski definition) is 1. The van der Waals surface area contributed by atoms with E-state index in [4.69, 9.17) is 0 Å². The van der Waals surface area contributed by atoms with Crippen molar-refractivity contribution in [2.75, 3.05) is 25.0 Å². The molecule has 2 aliphatic heterocycles. The summed E-state index contributed by atoms with van der Waals surface area (Å²) in [5, 5.41) is 3.67. The summed E-state index contributed by atoms with van der Waals surface area (Å²) in [6.07, 6.45) is 11.8. The number of nitrogens with one attached hydrogen (secondary N) is 1. The molecule has 1 aromatic rings. The minimum Gasteiger partial charge on any atom is -0.384 e. The Kier molecular flexibility index (Phi) is 3.44. The minimum absolute atomic E-state index is 0.429. The fourth-order valence-corrected chi connectivity index (χ4v) is 6.22. The number of piperidine rings is 1. The van der Waals surface area contributed by atoms with E-state index in [9.17, 15) is 0 Å². The van der Waals surface area contributed by atoms with Crippen molar-refractivity contribution in [2.24, 2.45) is 11.8 Å². The van der Waals surface area contributed by atoms with E-state index in [0.29, 0.717) is 5.41 Å². The molecule has 0 radical (unpaired) electrons. The first-order chi connectivity index (χ1) is 11.3. The fourth-order valence-electron chi connectivity index (χ4n) is 6.22. The molecule has 1 saturated heterocycles. The van der Waals surface area contributed by atoms with E-state index >= 15 is 0 Å². The Morgan fingerprint density at radius 1 is 0.957 bits per heavy atom. The number of benzene rings is 1. The van der Waals surface area contributed by atoms with Gasteiger partial charge in [0.1, 0.15) is 0 Å². The summed E-state index contributed by atoms with van der Waals surface area (Å²) < 4.78 is 0. The van der Waals surface area contributed by atoms with Gasteiger partial charge in [-0.25, -0.2) is 0 Å². The van der Waals surface area contributed by atoms with E-state index in [1.165, 1.54) is 70.1 Å². The first-order valence-corrected chi connectivity index (χ1v) is 9.92. The Bertz CT molecular complexity index is 559. The Labute approximate surface area is 140 Å². The molecule has 2 heterocycles. The van der Waals surface area contributed by atoms with Gasteiger partial charge in [-0.05, 0) is 62.2 Å². The summed E-state index contributed by atoms with van der Waals surface area (Å²) in [6.45, 7) is 3.80. The van der Waals surface area contributed by atoms with Crippen molar-refractivity contribution in [3.8, 4) is 0 Å². The van der Waals surface area contributed by atoms with E-state index in [2.05, 4.69) is 34.5 Å². The van der Waals surface area contributed by atoms with Crippen LogP contribution in [0.15, 0.2) is 24.3 Å². The Morgan fingerprint density at radius 2 is 1.65 bits per heavy atom. The molecule has 4 aliphatic rings. The highest BCUT2D eigenvalue weighted by Gasteiger charge is 2.44. The van der Waals surface area contributed by atoms with Gasteiger partial charge in [-0.2, -0.15) is 0 Å². The van der Waals surface area contributed by atoms with Gasteiger partial charge >= 0.3 is 0 Å². The molecule has 2 atom stereocenters. The largest absolute Gasteiger partial charge is 0.384 e. The second kappa shape index (κ2) is 5.51. The normalized spacial score (nSPS) is 35.7. The zero-order valence-electron chi connectivity index (χ0n) is 14.3. The molecule has 2 heteroatoms. The first kappa shape index (κ1) is 14.3.